The van der Waals surface area contributed by atoms with Gasteiger partial charge in [-0.3, -0.25) is 9.48 Å². The maximum Gasteiger partial charge on any atom is 0.229 e. The van der Waals surface area contributed by atoms with Crippen LogP contribution in [0.25, 0.3) is 0 Å². The summed E-state index contributed by atoms with van der Waals surface area (Å²) >= 11 is 0. The molecule has 4 atom stereocenters. The number of carbonyl (C=O) groups excluding carboxylic acids is 1. The standard InChI is InChI=1S/C14H20N4O/c1-6-12(15)13(18(2)17-6)16-14(19)11-9-7-3-4-8(5-7)10(9)11/h7-11H,3-5,15H2,1-2H3,(H,16,19). The van der Waals surface area contributed by atoms with Crippen molar-refractivity contribution in [1.82, 2.24) is 9.78 Å². The summed E-state index contributed by atoms with van der Waals surface area (Å²) in [6, 6.07) is 0. The summed E-state index contributed by atoms with van der Waals surface area (Å²) in [4.78, 5) is 12.4. The van der Waals surface area contributed by atoms with Gasteiger partial charge in [0.2, 0.25) is 5.91 Å². The Morgan fingerprint density at radius 2 is 2.00 bits per heavy atom. The van der Waals surface area contributed by atoms with Crippen LogP contribution in [0.4, 0.5) is 11.5 Å². The number of aryl methyl sites for hydroxylation is 2. The molecule has 1 amide bonds. The number of hydrogen-bond donors (Lipinski definition) is 2. The zero-order chi connectivity index (χ0) is 13.3. The minimum atomic E-state index is 0.154. The molecule has 3 saturated carbocycles. The highest BCUT2D eigenvalue weighted by Gasteiger charge is 2.67. The summed E-state index contributed by atoms with van der Waals surface area (Å²) in [5.74, 6) is 4.00. The van der Waals surface area contributed by atoms with E-state index in [0.29, 0.717) is 23.3 Å². The fourth-order valence-corrected chi connectivity index (χ4v) is 4.70. The van der Waals surface area contributed by atoms with Gasteiger partial charge in [0.1, 0.15) is 0 Å². The smallest absolute Gasteiger partial charge is 0.229 e. The van der Waals surface area contributed by atoms with Gasteiger partial charge in [-0.2, -0.15) is 5.10 Å². The van der Waals surface area contributed by atoms with E-state index in [1.165, 1.54) is 19.3 Å². The van der Waals surface area contributed by atoms with E-state index in [-0.39, 0.29) is 11.8 Å². The van der Waals surface area contributed by atoms with Crippen LogP contribution in [0.3, 0.4) is 0 Å². The van der Waals surface area contributed by atoms with E-state index < -0.39 is 0 Å². The maximum absolute atomic E-state index is 12.4. The van der Waals surface area contributed by atoms with Crippen molar-refractivity contribution in [3.8, 4) is 0 Å². The Labute approximate surface area is 112 Å². The molecular weight excluding hydrogens is 240 g/mol. The van der Waals surface area contributed by atoms with Crippen LogP contribution in [0.15, 0.2) is 0 Å². The third kappa shape index (κ3) is 1.41. The molecule has 5 nitrogen and oxygen atoms in total. The van der Waals surface area contributed by atoms with Gasteiger partial charge in [-0.25, -0.2) is 0 Å². The summed E-state index contributed by atoms with van der Waals surface area (Å²) in [6.45, 7) is 1.86. The minimum absolute atomic E-state index is 0.154. The average Bonchev–Trinajstić information content (AvgIpc) is 2.70. The van der Waals surface area contributed by atoms with Crippen molar-refractivity contribution < 1.29 is 4.79 Å². The predicted molar refractivity (Wildman–Crippen MR) is 72.3 cm³/mol. The molecule has 3 aliphatic rings. The highest BCUT2D eigenvalue weighted by atomic mass is 16.2. The molecule has 3 fully saturated rings. The molecule has 0 radical (unpaired) electrons. The minimum Gasteiger partial charge on any atom is -0.394 e. The van der Waals surface area contributed by atoms with E-state index in [4.69, 9.17) is 5.73 Å². The van der Waals surface area contributed by atoms with Gasteiger partial charge >= 0.3 is 0 Å². The number of hydrogen-bond acceptors (Lipinski definition) is 3. The van der Waals surface area contributed by atoms with Crippen molar-refractivity contribution in [2.24, 2.45) is 36.6 Å². The Hall–Kier alpha value is -1.52. The van der Waals surface area contributed by atoms with Gasteiger partial charge in [-0.05, 0) is 49.9 Å². The topological polar surface area (TPSA) is 72.9 Å². The fourth-order valence-electron chi connectivity index (χ4n) is 4.70. The number of fused-ring (bicyclic) bond motifs is 5. The number of nitrogens with two attached hydrogens (primary N) is 1. The normalized spacial score (nSPS) is 38.3. The number of anilines is 2. The van der Waals surface area contributed by atoms with E-state index in [9.17, 15) is 4.79 Å². The van der Waals surface area contributed by atoms with Crippen molar-refractivity contribution in [3.63, 3.8) is 0 Å². The molecule has 1 heterocycles. The lowest BCUT2D eigenvalue weighted by Crippen LogP contribution is -2.20. The molecule has 3 aliphatic carbocycles. The number of carbonyl (C=O) groups is 1. The first kappa shape index (κ1) is 11.3. The van der Waals surface area contributed by atoms with Gasteiger partial charge < -0.3 is 11.1 Å². The molecule has 102 valence electrons. The zero-order valence-electron chi connectivity index (χ0n) is 11.4. The van der Waals surface area contributed by atoms with Crippen LogP contribution in [0, 0.1) is 36.5 Å². The SMILES string of the molecule is Cc1nn(C)c(NC(=O)C2C3C4CCC(C4)C23)c1N. The quantitative estimate of drug-likeness (QED) is 0.847. The first-order valence-corrected chi connectivity index (χ1v) is 7.18. The van der Waals surface area contributed by atoms with Gasteiger partial charge in [0.05, 0.1) is 11.4 Å². The molecule has 1 aromatic rings. The monoisotopic (exact) mass is 260 g/mol. The van der Waals surface area contributed by atoms with Crippen molar-refractivity contribution in [1.29, 1.82) is 0 Å². The molecule has 4 rings (SSSR count). The fraction of sp³-hybridized carbons (Fsp3) is 0.714. The summed E-state index contributed by atoms with van der Waals surface area (Å²) in [6.07, 6.45) is 4.04. The third-order valence-corrected chi connectivity index (χ3v) is 5.55. The van der Waals surface area contributed by atoms with Crippen molar-refractivity contribution >= 4 is 17.4 Å². The maximum atomic E-state index is 12.4. The Balaban J connectivity index is 1.51. The summed E-state index contributed by atoms with van der Waals surface area (Å²) < 4.78 is 1.66. The van der Waals surface area contributed by atoms with Gasteiger partial charge in [-0.1, -0.05) is 0 Å². The first-order chi connectivity index (χ1) is 9.08. The van der Waals surface area contributed by atoms with Crippen LogP contribution >= 0.6 is 0 Å². The molecule has 0 aliphatic heterocycles. The van der Waals surface area contributed by atoms with Crippen LogP contribution in [-0.4, -0.2) is 15.7 Å². The first-order valence-electron chi connectivity index (χ1n) is 7.18. The summed E-state index contributed by atoms with van der Waals surface area (Å²) in [5.41, 5.74) is 7.32. The van der Waals surface area contributed by atoms with Gasteiger partial charge in [0.15, 0.2) is 5.82 Å². The van der Waals surface area contributed by atoms with Gasteiger partial charge in [-0.15, -0.1) is 0 Å². The molecule has 4 unspecified atom stereocenters. The second-order valence-corrected chi connectivity index (χ2v) is 6.47. The zero-order valence-corrected chi connectivity index (χ0v) is 11.4. The van der Waals surface area contributed by atoms with Crippen LogP contribution in [0.1, 0.15) is 25.0 Å². The number of nitrogen functional groups attached to an aromatic ring is 1. The van der Waals surface area contributed by atoms with E-state index in [1.54, 1.807) is 4.68 Å². The Morgan fingerprint density at radius 3 is 2.53 bits per heavy atom. The molecule has 1 aromatic heterocycles. The van der Waals surface area contributed by atoms with Crippen molar-refractivity contribution in [2.75, 3.05) is 11.1 Å². The number of aromatic nitrogens is 2. The Kier molecular flexibility index (Phi) is 2.10. The number of nitrogens with one attached hydrogen (secondary N) is 1. The second-order valence-electron chi connectivity index (χ2n) is 6.47. The molecule has 2 bridgehead atoms. The van der Waals surface area contributed by atoms with Crippen LogP contribution < -0.4 is 11.1 Å². The average molecular weight is 260 g/mol. The van der Waals surface area contributed by atoms with E-state index >= 15 is 0 Å². The van der Waals surface area contributed by atoms with E-state index in [2.05, 4.69) is 10.4 Å². The Morgan fingerprint density at radius 1 is 1.37 bits per heavy atom. The second kappa shape index (κ2) is 3.52. The summed E-state index contributed by atoms with van der Waals surface area (Å²) in [5, 5.41) is 7.23. The molecule has 0 saturated heterocycles. The highest BCUT2D eigenvalue weighted by Crippen LogP contribution is 2.69. The molecule has 3 N–H and O–H groups in total. The highest BCUT2D eigenvalue weighted by molar-refractivity contribution is 5.96. The van der Waals surface area contributed by atoms with Gasteiger partial charge in [0.25, 0.3) is 0 Å². The van der Waals surface area contributed by atoms with Crippen molar-refractivity contribution in [2.45, 2.75) is 26.2 Å². The third-order valence-electron chi connectivity index (χ3n) is 5.55. The Bertz CT molecular complexity index is 548. The molecule has 0 aromatic carbocycles. The summed E-state index contributed by atoms with van der Waals surface area (Å²) in [7, 11) is 1.82. The van der Waals surface area contributed by atoms with Gasteiger partial charge in [0, 0.05) is 13.0 Å². The lowest BCUT2D eigenvalue weighted by atomic mass is 10.0. The lowest BCUT2D eigenvalue weighted by Gasteiger charge is -2.10. The number of amides is 1. The van der Waals surface area contributed by atoms with Crippen molar-refractivity contribution in [3.05, 3.63) is 5.69 Å². The number of nitrogens with zero attached hydrogens (tertiary/aromatic N) is 2. The van der Waals surface area contributed by atoms with Crippen LogP contribution in [0.5, 0.6) is 0 Å². The number of rotatable bonds is 2. The molecular formula is C14H20N4O. The van der Waals surface area contributed by atoms with E-state index in [0.717, 1.165) is 17.5 Å². The lowest BCUT2D eigenvalue weighted by molar-refractivity contribution is -0.118. The van der Waals surface area contributed by atoms with Crippen LogP contribution in [-0.2, 0) is 11.8 Å². The predicted octanol–water partition coefficient (Wildman–Crippen LogP) is 1.54. The van der Waals surface area contributed by atoms with E-state index in [1.807, 2.05) is 14.0 Å². The molecule has 5 heteroatoms. The van der Waals surface area contributed by atoms with Crippen LogP contribution in [0.2, 0.25) is 0 Å². The molecule has 19 heavy (non-hydrogen) atoms. The molecule has 0 spiro atoms. The largest absolute Gasteiger partial charge is 0.394 e.